The van der Waals surface area contributed by atoms with Gasteiger partial charge in [0, 0.05) is 10.5 Å². The fraction of sp³-hybridized carbons (Fsp3) is 0.538. The summed E-state index contributed by atoms with van der Waals surface area (Å²) in [4.78, 5) is 2.15. The first-order chi connectivity index (χ1) is 8.58. The molecule has 1 heterocycles. The number of hydrogen-bond donors (Lipinski definition) is 2. The Labute approximate surface area is 115 Å². The third kappa shape index (κ3) is 3.16. The van der Waals surface area contributed by atoms with E-state index in [9.17, 15) is 10.2 Å². The third-order valence-corrected chi connectivity index (χ3v) is 3.84. The summed E-state index contributed by atoms with van der Waals surface area (Å²) in [7, 11) is 2.01. The van der Waals surface area contributed by atoms with Gasteiger partial charge in [-0.3, -0.25) is 0 Å². The second-order valence-corrected chi connectivity index (χ2v) is 5.60. The molecule has 100 valence electrons. The molecule has 0 aromatic heterocycles. The maximum atomic E-state index is 10.1. The minimum atomic E-state index is -0.527. The molecule has 2 N–H and O–H groups in total. The molecule has 0 radical (unpaired) electrons. The van der Waals surface area contributed by atoms with E-state index >= 15 is 0 Å². The number of phenols is 1. The summed E-state index contributed by atoms with van der Waals surface area (Å²) in [6.07, 6.45) is 1.58. The average molecular weight is 316 g/mol. The molecule has 1 aromatic carbocycles. The highest BCUT2D eigenvalue weighted by Gasteiger charge is 2.28. The van der Waals surface area contributed by atoms with Crippen LogP contribution in [-0.4, -0.2) is 47.5 Å². The number of nitrogens with zero attached hydrogens (tertiary/aromatic N) is 1. The van der Waals surface area contributed by atoms with Gasteiger partial charge in [-0.25, -0.2) is 0 Å². The Morgan fingerprint density at radius 2 is 2.33 bits per heavy atom. The number of ether oxygens (including phenoxy) is 1. The number of likely N-dealkylation sites (N-methyl/N-ethyl adjacent to an activating group) is 1. The standard InChI is InChI=1S/C13H18BrNO3/c1-15-6-2-3-10(15)12(17)8-18-13-5-4-9(14)7-11(13)16/h4-5,7,10,12,16-17H,2-3,6,8H2,1H3/t10-,12-/m0/s1. The molecule has 0 aliphatic carbocycles. The van der Waals surface area contributed by atoms with Crippen LogP contribution in [0.25, 0.3) is 0 Å². The van der Waals surface area contributed by atoms with Crippen LogP contribution in [0.4, 0.5) is 0 Å². The van der Waals surface area contributed by atoms with Crippen molar-refractivity contribution < 1.29 is 14.9 Å². The van der Waals surface area contributed by atoms with E-state index in [0.717, 1.165) is 23.9 Å². The number of aromatic hydroxyl groups is 1. The van der Waals surface area contributed by atoms with Gasteiger partial charge in [-0.1, -0.05) is 15.9 Å². The predicted octanol–water partition coefficient (Wildman–Crippen LogP) is 1.99. The van der Waals surface area contributed by atoms with Crippen LogP contribution in [0.3, 0.4) is 0 Å². The molecular weight excluding hydrogens is 298 g/mol. The molecule has 5 heteroatoms. The van der Waals surface area contributed by atoms with Crippen LogP contribution in [0.1, 0.15) is 12.8 Å². The number of aliphatic hydroxyl groups is 1. The number of aliphatic hydroxyl groups excluding tert-OH is 1. The Hall–Kier alpha value is -0.780. The lowest BCUT2D eigenvalue weighted by molar-refractivity contribution is 0.0434. The van der Waals surface area contributed by atoms with Crippen LogP contribution in [0.2, 0.25) is 0 Å². The normalized spacial score (nSPS) is 22.1. The van der Waals surface area contributed by atoms with E-state index in [1.165, 1.54) is 0 Å². The third-order valence-electron chi connectivity index (χ3n) is 3.35. The van der Waals surface area contributed by atoms with Gasteiger partial charge < -0.3 is 19.8 Å². The lowest BCUT2D eigenvalue weighted by Crippen LogP contribution is -2.39. The van der Waals surface area contributed by atoms with Gasteiger partial charge in [0.25, 0.3) is 0 Å². The van der Waals surface area contributed by atoms with E-state index in [4.69, 9.17) is 4.74 Å². The fourth-order valence-electron chi connectivity index (χ4n) is 2.32. The Bertz CT molecular complexity index is 413. The van der Waals surface area contributed by atoms with Gasteiger partial charge in [-0.15, -0.1) is 0 Å². The number of halogens is 1. The number of hydrogen-bond acceptors (Lipinski definition) is 4. The lowest BCUT2D eigenvalue weighted by Gasteiger charge is -2.25. The minimum Gasteiger partial charge on any atom is -0.504 e. The van der Waals surface area contributed by atoms with Crippen LogP contribution < -0.4 is 4.74 Å². The van der Waals surface area contributed by atoms with Crippen molar-refractivity contribution in [2.45, 2.75) is 25.0 Å². The number of phenolic OH excluding ortho intramolecular Hbond substituents is 1. The molecule has 1 fully saturated rings. The summed E-state index contributed by atoms with van der Waals surface area (Å²) in [5, 5.41) is 19.7. The molecule has 0 saturated carbocycles. The Morgan fingerprint density at radius 1 is 1.56 bits per heavy atom. The SMILES string of the molecule is CN1CCC[C@H]1[C@@H](O)COc1ccc(Br)cc1O. The first-order valence-electron chi connectivity index (χ1n) is 6.07. The minimum absolute atomic E-state index is 0.0800. The molecule has 0 bridgehead atoms. The molecule has 2 atom stereocenters. The molecule has 0 spiro atoms. The molecule has 18 heavy (non-hydrogen) atoms. The van der Waals surface area contributed by atoms with Crippen LogP contribution in [0, 0.1) is 0 Å². The molecule has 1 aliphatic heterocycles. The summed E-state index contributed by atoms with van der Waals surface area (Å²) in [5.74, 6) is 0.481. The molecule has 1 aliphatic rings. The van der Waals surface area contributed by atoms with Crippen LogP contribution in [0.5, 0.6) is 11.5 Å². The monoisotopic (exact) mass is 315 g/mol. The highest BCUT2D eigenvalue weighted by atomic mass is 79.9. The van der Waals surface area contributed by atoms with Gasteiger partial charge in [-0.05, 0) is 44.6 Å². The second-order valence-electron chi connectivity index (χ2n) is 4.68. The summed E-state index contributed by atoms with van der Waals surface area (Å²) in [6, 6.07) is 5.21. The molecular formula is C13H18BrNO3. The maximum absolute atomic E-state index is 10.1. The summed E-state index contributed by atoms with van der Waals surface area (Å²) >= 11 is 3.27. The van der Waals surface area contributed by atoms with Crippen molar-refractivity contribution in [2.24, 2.45) is 0 Å². The number of likely N-dealkylation sites (tertiary alicyclic amines) is 1. The first-order valence-corrected chi connectivity index (χ1v) is 6.87. The zero-order valence-electron chi connectivity index (χ0n) is 10.3. The van der Waals surface area contributed by atoms with Crippen molar-refractivity contribution in [3.63, 3.8) is 0 Å². The second kappa shape index (κ2) is 5.91. The van der Waals surface area contributed by atoms with Crippen molar-refractivity contribution >= 4 is 15.9 Å². The van der Waals surface area contributed by atoms with Gasteiger partial charge in [0.2, 0.25) is 0 Å². The molecule has 1 saturated heterocycles. The predicted molar refractivity (Wildman–Crippen MR) is 73.0 cm³/mol. The highest BCUT2D eigenvalue weighted by molar-refractivity contribution is 9.10. The zero-order valence-corrected chi connectivity index (χ0v) is 11.9. The van der Waals surface area contributed by atoms with Crippen molar-refractivity contribution in [1.29, 1.82) is 0 Å². The van der Waals surface area contributed by atoms with Gasteiger partial charge in [-0.2, -0.15) is 0 Å². The van der Waals surface area contributed by atoms with E-state index in [1.54, 1.807) is 18.2 Å². The largest absolute Gasteiger partial charge is 0.504 e. The topological polar surface area (TPSA) is 52.9 Å². The lowest BCUT2D eigenvalue weighted by atomic mass is 10.1. The van der Waals surface area contributed by atoms with Crippen LogP contribution >= 0.6 is 15.9 Å². The van der Waals surface area contributed by atoms with Gasteiger partial charge in [0.05, 0.1) is 0 Å². The van der Waals surface area contributed by atoms with Crippen molar-refractivity contribution in [3.8, 4) is 11.5 Å². The van der Waals surface area contributed by atoms with Crippen LogP contribution in [0.15, 0.2) is 22.7 Å². The molecule has 2 rings (SSSR count). The van der Waals surface area contributed by atoms with Crippen molar-refractivity contribution in [3.05, 3.63) is 22.7 Å². The van der Waals surface area contributed by atoms with Crippen molar-refractivity contribution in [1.82, 2.24) is 4.90 Å². The number of rotatable bonds is 4. The maximum Gasteiger partial charge on any atom is 0.161 e. The fourth-order valence-corrected chi connectivity index (χ4v) is 2.67. The van der Waals surface area contributed by atoms with Gasteiger partial charge >= 0.3 is 0 Å². The van der Waals surface area contributed by atoms with E-state index in [1.807, 2.05) is 7.05 Å². The molecule has 4 nitrogen and oxygen atoms in total. The highest BCUT2D eigenvalue weighted by Crippen LogP contribution is 2.29. The van der Waals surface area contributed by atoms with Gasteiger partial charge in [0.15, 0.2) is 11.5 Å². The smallest absolute Gasteiger partial charge is 0.161 e. The Morgan fingerprint density at radius 3 is 2.94 bits per heavy atom. The summed E-state index contributed by atoms with van der Waals surface area (Å²) in [5.41, 5.74) is 0. The summed E-state index contributed by atoms with van der Waals surface area (Å²) in [6.45, 7) is 1.22. The van der Waals surface area contributed by atoms with E-state index < -0.39 is 6.10 Å². The zero-order chi connectivity index (χ0) is 13.1. The molecule has 0 amide bonds. The molecule has 0 unspecified atom stereocenters. The first kappa shape index (κ1) is 13.6. The average Bonchev–Trinajstić information content (AvgIpc) is 2.74. The Balaban J connectivity index is 1.90. The van der Waals surface area contributed by atoms with E-state index in [0.29, 0.717) is 5.75 Å². The van der Waals surface area contributed by atoms with Gasteiger partial charge in [0.1, 0.15) is 12.7 Å². The number of benzene rings is 1. The molecule has 1 aromatic rings. The summed E-state index contributed by atoms with van der Waals surface area (Å²) < 4.78 is 6.26. The van der Waals surface area contributed by atoms with E-state index in [2.05, 4.69) is 20.8 Å². The Kier molecular flexibility index (Phi) is 4.48. The van der Waals surface area contributed by atoms with Crippen molar-refractivity contribution in [2.75, 3.05) is 20.2 Å². The van der Waals surface area contributed by atoms with Crippen LogP contribution in [-0.2, 0) is 0 Å². The van der Waals surface area contributed by atoms with E-state index in [-0.39, 0.29) is 18.4 Å². The quantitative estimate of drug-likeness (QED) is 0.892.